The van der Waals surface area contributed by atoms with Gasteiger partial charge in [-0.2, -0.15) is 0 Å². The second-order valence-electron chi connectivity index (χ2n) is 6.59. The van der Waals surface area contributed by atoms with E-state index in [4.69, 9.17) is 11.5 Å². The predicted molar refractivity (Wildman–Crippen MR) is 89.5 cm³/mol. The molecule has 2 aromatic rings. The average Bonchev–Trinajstić information content (AvgIpc) is 3.36. The van der Waals surface area contributed by atoms with Crippen LogP contribution < -0.4 is 11.5 Å². The molecule has 2 amide bonds. The largest absolute Gasteiger partial charge is 0.369 e. The first-order valence-electron chi connectivity index (χ1n) is 8.12. The zero-order valence-corrected chi connectivity index (χ0v) is 13.8. The molecule has 4 rings (SSSR count). The van der Waals surface area contributed by atoms with Crippen molar-refractivity contribution in [1.82, 2.24) is 19.9 Å². The topological polar surface area (TPSA) is 128 Å². The number of nitrogen functional groups attached to an aromatic ring is 1. The second-order valence-corrected chi connectivity index (χ2v) is 6.59. The number of hydrogen-bond acceptors (Lipinski definition) is 6. The number of hydrogen-bond donors (Lipinski definition) is 2. The Bertz CT molecular complexity index is 878. The van der Waals surface area contributed by atoms with Crippen LogP contribution in [0.15, 0.2) is 24.5 Å². The van der Waals surface area contributed by atoms with Crippen molar-refractivity contribution in [3.8, 4) is 11.3 Å². The van der Waals surface area contributed by atoms with E-state index in [2.05, 4.69) is 15.0 Å². The number of anilines is 1. The molecule has 1 unspecified atom stereocenters. The molecule has 0 aromatic carbocycles. The maximum absolute atomic E-state index is 12.9. The van der Waals surface area contributed by atoms with Crippen molar-refractivity contribution >= 4 is 17.8 Å². The number of nitrogens with two attached hydrogens (primary N) is 2. The SMILES string of the molecule is CC1c2nc(N)nc(-c3ccncc3)c2CN1C(=O)C1(C(N)=O)CC1. The number of carbonyl (C=O) groups excluding carboxylic acids is 2. The highest BCUT2D eigenvalue weighted by molar-refractivity contribution is 6.07. The van der Waals surface area contributed by atoms with Crippen molar-refractivity contribution in [3.63, 3.8) is 0 Å². The molecular formula is C17H18N6O2. The van der Waals surface area contributed by atoms with Gasteiger partial charge in [0.2, 0.25) is 17.8 Å². The summed E-state index contributed by atoms with van der Waals surface area (Å²) >= 11 is 0. The molecule has 4 N–H and O–H groups in total. The van der Waals surface area contributed by atoms with Crippen LogP contribution in [0.25, 0.3) is 11.3 Å². The van der Waals surface area contributed by atoms with Gasteiger partial charge in [0.15, 0.2) is 0 Å². The van der Waals surface area contributed by atoms with E-state index in [1.807, 2.05) is 19.1 Å². The summed E-state index contributed by atoms with van der Waals surface area (Å²) in [6, 6.07) is 3.39. The van der Waals surface area contributed by atoms with E-state index in [1.54, 1.807) is 17.3 Å². The van der Waals surface area contributed by atoms with Crippen molar-refractivity contribution in [2.45, 2.75) is 32.4 Å². The normalized spacial score (nSPS) is 20.2. The first-order chi connectivity index (χ1) is 11.9. The zero-order valence-electron chi connectivity index (χ0n) is 13.8. The lowest BCUT2D eigenvalue weighted by Crippen LogP contribution is -2.42. The minimum atomic E-state index is -1.05. The molecule has 1 saturated carbocycles. The summed E-state index contributed by atoms with van der Waals surface area (Å²) in [5.74, 6) is -0.631. The monoisotopic (exact) mass is 338 g/mol. The van der Waals surface area contributed by atoms with Gasteiger partial charge >= 0.3 is 0 Å². The molecule has 8 nitrogen and oxygen atoms in total. The number of primary amides is 1. The van der Waals surface area contributed by atoms with Crippen LogP contribution in [0.4, 0.5) is 5.95 Å². The van der Waals surface area contributed by atoms with E-state index in [1.165, 1.54) is 0 Å². The lowest BCUT2D eigenvalue weighted by Gasteiger charge is -2.25. The third-order valence-electron chi connectivity index (χ3n) is 5.09. The van der Waals surface area contributed by atoms with Crippen LogP contribution in [-0.2, 0) is 16.1 Å². The Morgan fingerprint density at radius 1 is 1.24 bits per heavy atom. The van der Waals surface area contributed by atoms with Gasteiger partial charge < -0.3 is 16.4 Å². The molecule has 0 spiro atoms. The Balaban J connectivity index is 1.76. The third kappa shape index (κ3) is 2.25. The Kier molecular flexibility index (Phi) is 3.24. The molecular weight excluding hydrogens is 320 g/mol. The van der Waals surface area contributed by atoms with E-state index < -0.39 is 11.3 Å². The lowest BCUT2D eigenvalue weighted by atomic mass is 10.0. The summed E-state index contributed by atoms with van der Waals surface area (Å²) in [5, 5.41) is 0. The number of aromatic nitrogens is 3. The van der Waals surface area contributed by atoms with E-state index in [0.29, 0.717) is 30.8 Å². The van der Waals surface area contributed by atoms with Crippen molar-refractivity contribution in [1.29, 1.82) is 0 Å². The molecule has 8 heteroatoms. The van der Waals surface area contributed by atoms with Gasteiger partial charge in [0.25, 0.3) is 0 Å². The van der Waals surface area contributed by atoms with Gasteiger partial charge in [0, 0.05) is 23.5 Å². The quantitative estimate of drug-likeness (QED) is 0.796. The Morgan fingerprint density at radius 2 is 1.92 bits per heavy atom. The maximum atomic E-state index is 12.9. The summed E-state index contributed by atoms with van der Waals surface area (Å²) in [6.07, 6.45) is 4.36. The van der Waals surface area contributed by atoms with Gasteiger partial charge in [0.05, 0.1) is 24.0 Å². The molecule has 1 aliphatic carbocycles. The van der Waals surface area contributed by atoms with Crippen LogP contribution in [0.1, 0.15) is 37.1 Å². The van der Waals surface area contributed by atoms with Gasteiger partial charge in [-0.3, -0.25) is 14.6 Å². The number of pyridine rings is 1. The Hall–Kier alpha value is -3.03. The molecule has 0 bridgehead atoms. The fraction of sp³-hybridized carbons (Fsp3) is 0.353. The molecule has 0 radical (unpaired) electrons. The van der Waals surface area contributed by atoms with Crippen LogP contribution in [0.3, 0.4) is 0 Å². The van der Waals surface area contributed by atoms with Crippen LogP contribution in [0.5, 0.6) is 0 Å². The van der Waals surface area contributed by atoms with E-state index in [0.717, 1.165) is 11.1 Å². The lowest BCUT2D eigenvalue weighted by molar-refractivity contribution is -0.144. The standard InChI is InChI=1S/C17H18N6O2/c1-9-12-11(8-23(9)15(25)17(4-5-17)14(18)24)13(22-16(19)21-12)10-2-6-20-7-3-10/h2-3,6-7,9H,4-5,8H2,1H3,(H2,18,24)(H2,19,21,22). The zero-order chi connectivity index (χ0) is 17.8. The molecule has 2 aromatic heterocycles. The van der Waals surface area contributed by atoms with Gasteiger partial charge in [-0.1, -0.05) is 0 Å². The molecule has 128 valence electrons. The van der Waals surface area contributed by atoms with E-state index >= 15 is 0 Å². The minimum absolute atomic E-state index is 0.155. The molecule has 1 aliphatic heterocycles. The van der Waals surface area contributed by atoms with Gasteiger partial charge in [-0.15, -0.1) is 0 Å². The summed E-state index contributed by atoms with van der Waals surface area (Å²) < 4.78 is 0. The van der Waals surface area contributed by atoms with Crippen LogP contribution >= 0.6 is 0 Å². The van der Waals surface area contributed by atoms with Crippen LogP contribution in [0, 0.1) is 5.41 Å². The molecule has 25 heavy (non-hydrogen) atoms. The van der Waals surface area contributed by atoms with Gasteiger partial charge in [-0.25, -0.2) is 9.97 Å². The number of carbonyl (C=O) groups is 2. The molecule has 1 atom stereocenters. The summed E-state index contributed by atoms with van der Waals surface area (Å²) in [7, 11) is 0. The first-order valence-corrected chi connectivity index (χ1v) is 8.12. The fourth-order valence-electron chi connectivity index (χ4n) is 3.44. The highest BCUT2D eigenvalue weighted by atomic mass is 16.2. The molecule has 3 heterocycles. The predicted octanol–water partition coefficient (Wildman–Crippen LogP) is 0.789. The maximum Gasteiger partial charge on any atom is 0.239 e. The van der Waals surface area contributed by atoms with Crippen LogP contribution in [-0.4, -0.2) is 31.7 Å². The summed E-state index contributed by atoms with van der Waals surface area (Å²) in [5.41, 5.74) is 13.4. The van der Waals surface area contributed by atoms with E-state index in [-0.39, 0.29) is 17.9 Å². The molecule has 2 aliphatic rings. The van der Waals surface area contributed by atoms with Crippen LogP contribution in [0.2, 0.25) is 0 Å². The van der Waals surface area contributed by atoms with Gasteiger partial charge in [0.1, 0.15) is 5.41 Å². The van der Waals surface area contributed by atoms with Crippen molar-refractivity contribution in [2.24, 2.45) is 11.1 Å². The second kappa shape index (κ2) is 5.23. The molecule has 0 saturated heterocycles. The minimum Gasteiger partial charge on any atom is -0.369 e. The number of amides is 2. The number of rotatable bonds is 3. The van der Waals surface area contributed by atoms with E-state index in [9.17, 15) is 9.59 Å². The van der Waals surface area contributed by atoms with Crippen molar-refractivity contribution < 1.29 is 9.59 Å². The van der Waals surface area contributed by atoms with Gasteiger partial charge in [-0.05, 0) is 31.9 Å². The number of nitrogens with zero attached hydrogens (tertiary/aromatic N) is 4. The van der Waals surface area contributed by atoms with Crippen molar-refractivity contribution in [3.05, 3.63) is 35.8 Å². The first kappa shape index (κ1) is 15.5. The smallest absolute Gasteiger partial charge is 0.239 e. The summed E-state index contributed by atoms with van der Waals surface area (Å²) in [4.78, 5) is 39.0. The Labute approximate surface area is 144 Å². The summed E-state index contributed by atoms with van der Waals surface area (Å²) in [6.45, 7) is 2.21. The Morgan fingerprint density at radius 3 is 2.52 bits per heavy atom. The van der Waals surface area contributed by atoms with Crippen molar-refractivity contribution in [2.75, 3.05) is 5.73 Å². The number of fused-ring (bicyclic) bond motifs is 1. The highest BCUT2D eigenvalue weighted by Crippen LogP contribution is 2.50. The average molecular weight is 338 g/mol. The molecule has 1 fully saturated rings. The fourth-order valence-corrected chi connectivity index (χ4v) is 3.44. The third-order valence-corrected chi connectivity index (χ3v) is 5.09. The highest BCUT2D eigenvalue weighted by Gasteiger charge is 2.58.